The van der Waals surface area contributed by atoms with Crippen LogP contribution >= 0.6 is 23.2 Å². The van der Waals surface area contributed by atoms with E-state index in [9.17, 15) is 19.8 Å². The summed E-state index contributed by atoms with van der Waals surface area (Å²) in [6.45, 7) is -0.304. The van der Waals surface area contributed by atoms with Gasteiger partial charge in [0.25, 0.3) is 0 Å². The highest BCUT2D eigenvalue weighted by Crippen LogP contribution is 2.26. The third-order valence-corrected chi connectivity index (χ3v) is 4.35. The summed E-state index contributed by atoms with van der Waals surface area (Å²) in [5.74, 6) is -2.02. The average molecular weight is 444 g/mol. The first-order valence-electron chi connectivity index (χ1n) is 8.36. The van der Waals surface area contributed by atoms with E-state index in [4.69, 9.17) is 33.0 Å². The Kier molecular flexibility index (Phi) is 8.30. The van der Waals surface area contributed by atoms with Crippen molar-refractivity contribution in [3.05, 3.63) is 46.5 Å². The largest absolute Gasteiger partial charge is 0.479 e. The van der Waals surface area contributed by atoms with E-state index in [-0.39, 0.29) is 18.9 Å². The summed E-state index contributed by atoms with van der Waals surface area (Å²) in [5, 5.41) is 32.0. The van der Waals surface area contributed by atoms with Crippen LogP contribution in [0.4, 0.5) is 0 Å². The summed E-state index contributed by atoms with van der Waals surface area (Å²) in [6, 6.07) is 3.80. The maximum Gasteiger partial charge on any atom is 0.335 e. The van der Waals surface area contributed by atoms with Gasteiger partial charge < -0.3 is 25.4 Å². The van der Waals surface area contributed by atoms with Crippen molar-refractivity contribution in [2.75, 3.05) is 13.7 Å². The van der Waals surface area contributed by atoms with Crippen LogP contribution in [0, 0.1) is 0 Å². The van der Waals surface area contributed by atoms with Crippen molar-refractivity contribution < 1.29 is 29.6 Å². The van der Waals surface area contributed by atoms with Gasteiger partial charge in [0.1, 0.15) is 18.5 Å². The first-order valence-corrected chi connectivity index (χ1v) is 9.11. The summed E-state index contributed by atoms with van der Waals surface area (Å²) in [7, 11) is 1.31. The van der Waals surface area contributed by atoms with Crippen molar-refractivity contribution in [2.24, 2.45) is 0 Å². The molecule has 156 valence electrons. The van der Waals surface area contributed by atoms with Crippen LogP contribution in [-0.2, 0) is 20.7 Å². The molecule has 0 saturated heterocycles. The molecule has 0 aliphatic carbocycles. The van der Waals surface area contributed by atoms with E-state index < -0.39 is 30.1 Å². The molecule has 0 fully saturated rings. The second-order valence-corrected chi connectivity index (χ2v) is 7.00. The van der Waals surface area contributed by atoms with Gasteiger partial charge in [0.15, 0.2) is 6.10 Å². The van der Waals surface area contributed by atoms with Gasteiger partial charge in [0.05, 0.1) is 6.04 Å². The standard InChI is InChI=1S/C18H19Cl2N3O6/c1-29-8-15(24)23-13(16(25)17(26)18(27)28)5-14-21-6-10(7-22-14)9-2-11(19)4-12(20)3-9/h2-4,6-7,13,16-17,25-26H,5,8H2,1H3,(H,23,24)(H,27,28). The maximum absolute atomic E-state index is 11.8. The third kappa shape index (κ3) is 6.62. The van der Waals surface area contributed by atoms with Crippen molar-refractivity contribution in [3.8, 4) is 11.1 Å². The van der Waals surface area contributed by atoms with Crippen LogP contribution < -0.4 is 5.32 Å². The fourth-order valence-corrected chi connectivity index (χ4v) is 3.06. The number of benzene rings is 1. The quantitative estimate of drug-likeness (QED) is 0.448. The van der Waals surface area contributed by atoms with Gasteiger partial charge in [-0.1, -0.05) is 23.2 Å². The van der Waals surface area contributed by atoms with E-state index in [1.807, 2.05) is 0 Å². The van der Waals surface area contributed by atoms with Gasteiger partial charge >= 0.3 is 5.97 Å². The van der Waals surface area contributed by atoms with Gasteiger partial charge in [0, 0.05) is 41.5 Å². The number of aliphatic hydroxyl groups excluding tert-OH is 2. The molecule has 0 radical (unpaired) electrons. The van der Waals surface area contributed by atoms with Crippen molar-refractivity contribution in [3.63, 3.8) is 0 Å². The molecular formula is C18H19Cl2N3O6. The molecule has 1 aromatic heterocycles. The molecule has 1 aromatic carbocycles. The Morgan fingerprint density at radius 1 is 1.10 bits per heavy atom. The number of nitrogens with zero attached hydrogens (tertiary/aromatic N) is 2. The van der Waals surface area contributed by atoms with Crippen LogP contribution in [0.3, 0.4) is 0 Å². The molecule has 29 heavy (non-hydrogen) atoms. The number of carboxylic acids is 1. The van der Waals surface area contributed by atoms with Crippen LogP contribution in [0.1, 0.15) is 5.82 Å². The number of carboxylic acid groups (broad SMARTS) is 1. The lowest BCUT2D eigenvalue weighted by atomic mass is 10.0. The van der Waals surface area contributed by atoms with Crippen LogP contribution in [0.15, 0.2) is 30.6 Å². The fraction of sp³-hybridized carbons (Fsp3) is 0.333. The van der Waals surface area contributed by atoms with Crippen LogP contribution in [0.2, 0.25) is 10.0 Å². The second kappa shape index (κ2) is 10.5. The van der Waals surface area contributed by atoms with E-state index >= 15 is 0 Å². The Morgan fingerprint density at radius 3 is 2.21 bits per heavy atom. The fourth-order valence-electron chi connectivity index (χ4n) is 2.53. The molecule has 2 rings (SSSR count). The summed E-state index contributed by atoms with van der Waals surface area (Å²) < 4.78 is 4.70. The lowest BCUT2D eigenvalue weighted by molar-refractivity contribution is -0.154. The lowest BCUT2D eigenvalue weighted by Gasteiger charge is -2.25. The minimum Gasteiger partial charge on any atom is -0.479 e. The predicted octanol–water partition coefficient (Wildman–Crippen LogP) is 0.930. The van der Waals surface area contributed by atoms with Gasteiger partial charge in [-0.15, -0.1) is 0 Å². The van der Waals surface area contributed by atoms with E-state index in [1.165, 1.54) is 19.5 Å². The summed E-state index contributed by atoms with van der Waals surface area (Å²) in [5.41, 5.74) is 1.32. The smallest absolute Gasteiger partial charge is 0.335 e. The highest BCUT2D eigenvalue weighted by molar-refractivity contribution is 6.35. The highest BCUT2D eigenvalue weighted by atomic mass is 35.5. The zero-order valence-corrected chi connectivity index (χ0v) is 16.8. The van der Waals surface area contributed by atoms with Crippen LogP contribution in [0.5, 0.6) is 0 Å². The third-order valence-electron chi connectivity index (χ3n) is 3.91. The predicted molar refractivity (Wildman–Crippen MR) is 105 cm³/mol. The second-order valence-electron chi connectivity index (χ2n) is 6.13. The number of nitrogens with one attached hydrogen (secondary N) is 1. The summed E-state index contributed by atoms with van der Waals surface area (Å²) in [4.78, 5) is 31.1. The number of hydrogen-bond donors (Lipinski definition) is 4. The van der Waals surface area contributed by atoms with Crippen molar-refractivity contribution in [1.82, 2.24) is 15.3 Å². The Hall–Kier alpha value is -2.30. The number of aliphatic hydroxyl groups is 2. The van der Waals surface area contributed by atoms with Gasteiger partial charge in [-0.05, 0) is 23.8 Å². The first kappa shape index (κ1) is 23.0. The van der Waals surface area contributed by atoms with Gasteiger partial charge in [-0.25, -0.2) is 14.8 Å². The number of carbonyl (C=O) groups is 2. The van der Waals surface area contributed by atoms with Crippen LogP contribution in [-0.4, -0.2) is 69.1 Å². The topological polar surface area (TPSA) is 142 Å². The van der Waals surface area contributed by atoms with E-state index in [2.05, 4.69) is 15.3 Å². The molecule has 0 aliphatic rings. The van der Waals surface area contributed by atoms with Crippen molar-refractivity contribution >= 4 is 35.1 Å². The van der Waals surface area contributed by atoms with Crippen molar-refractivity contribution in [2.45, 2.75) is 24.7 Å². The molecule has 0 spiro atoms. The number of halogens is 2. The Bertz CT molecular complexity index is 845. The van der Waals surface area contributed by atoms with Crippen LogP contribution in [0.25, 0.3) is 11.1 Å². The minimum atomic E-state index is -2.10. The molecule has 11 heteroatoms. The number of amides is 1. The van der Waals surface area contributed by atoms with E-state index in [0.717, 1.165) is 0 Å². The minimum absolute atomic E-state index is 0.127. The number of methoxy groups -OCH3 is 1. The number of aromatic nitrogens is 2. The van der Waals surface area contributed by atoms with E-state index in [1.54, 1.807) is 18.2 Å². The molecule has 2 aromatic rings. The van der Waals surface area contributed by atoms with Gasteiger partial charge in [-0.3, -0.25) is 4.79 Å². The number of rotatable bonds is 9. The number of ether oxygens (including phenoxy) is 1. The Balaban J connectivity index is 2.20. The molecular weight excluding hydrogens is 425 g/mol. The first-order chi connectivity index (χ1) is 13.7. The molecule has 0 saturated carbocycles. The van der Waals surface area contributed by atoms with Gasteiger partial charge in [0.2, 0.25) is 5.91 Å². The molecule has 0 aliphatic heterocycles. The lowest BCUT2D eigenvalue weighted by Crippen LogP contribution is -2.52. The Morgan fingerprint density at radius 2 is 1.69 bits per heavy atom. The monoisotopic (exact) mass is 443 g/mol. The Labute approximate surface area is 176 Å². The summed E-state index contributed by atoms with van der Waals surface area (Å²) in [6.07, 6.45) is -1.02. The number of hydrogen-bond acceptors (Lipinski definition) is 7. The van der Waals surface area contributed by atoms with Crippen molar-refractivity contribution in [1.29, 1.82) is 0 Å². The molecule has 3 unspecified atom stereocenters. The normalized spacial score (nSPS) is 14.1. The van der Waals surface area contributed by atoms with Gasteiger partial charge in [-0.2, -0.15) is 0 Å². The van der Waals surface area contributed by atoms with E-state index in [0.29, 0.717) is 21.2 Å². The molecule has 1 amide bonds. The molecule has 9 nitrogen and oxygen atoms in total. The number of aliphatic carboxylic acids is 1. The summed E-state index contributed by atoms with van der Waals surface area (Å²) >= 11 is 12.0. The zero-order chi connectivity index (χ0) is 21.6. The molecule has 0 bridgehead atoms. The molecule has 1 heterocycles. The average Bonchev–Trinajstić information content (AvgIpc) is 2.66. The molecule has 4 N–H and O–H groups in total. The SMILES string of the molecule is COCC(=O)NC(Cc1ncc(-c2cc(Cl)cc(Cl)c2)cn1)C(O)C(O)C(=O)O. The maximum atomic E-state index is 11.8. The molecule has 3 atom stereocenters. The zero-order valence-electron chi connectivity index (χ0n) is 15.2. The highest BCUT2D eigenvalue weighted by Gasteiger charge is 2.33. The number of carbonyl (C=O) groups excluding carboxylic acids is 1.